The summed E-state index contributed by atoms with van der Waals surface area (Å²) in [4.78, 5) is 24.5. The van der Waals surface area contributed by atoms with Gasteiger partial charge >= 0.3 is 0 Å². The number of ether oxygens (including phenoxy) is 1. The van der Waals surface area contributed by atoms with Crippen LogP contribution in [0.15, 0.2) is 48.5 Å². The van der Waals surface area contributed by atoms with Gasteiger partial charge in [0.1, 0.15) is 11.9 Å². The smallest absolute Gasteiger partial charge is 0.251 e. The number of hydrogen-bond donors (Lipinski definition) is 2. The monoisotopic (exact) mass is 350 g/mol. The van der Waals surface area contributed by atoms with Gasteiger partial charge in [-0.05, 0) is 42.2 Å². The lowest BCUT2D eigenvalue weighted by Gasteiger charge is -2.12. The molecule has 3 unspecified atom stereocenters. The van der Waals surface area contributed by atoms with Gasteiger partial charge in [-0.15, -0.1) is 0 Å². The predicted molar refractivity (Wildman–Crippen MR) is 99.2 cm³/mol. The van der Waals surface area contributed by atoms with Crippen molar-refractivity contribution < 1.29 is 14.3 Å². The first-order valence-corrected chi connectivity index (χ1v) is 9.04. The Morgan fingerprint density at radius 3 is 2.73 bits per heavy atom. The molecule has 1 heterocycles. The lowest BCUT2D eigenvalue weighted by molar-refractivity contribution is -0.117. The van der Waals surface area contributed by atoms with E-state index in [1.807, 2.05) is 24.3 Å². The fraction of sp³-hybridized carbons (Fsp3) is 0.333. The standard InChI is InChI=1S/C21H22N2O3/c1-13-9-18(13)21(25)23-16-7-4-6-15(10-16)20(24)22-12-17-11-14-5-2-3-8-19(14)26-17/h2-8,10,13,17-18H,9,11-12H2,1H3,(H,22,24)(H,23,25). The van der Waals surface area contributed by atoms with E-state index in [0.29, 0.717) is 23.7 Å². The molecule has 1 aliphatic carbocycles. The maximum atomic E-state index is 12.4. The minimum atomic E-state index is -0.166. The number of anilines is 1. The van der Waals surface area contributed by atoms with Crippen LogP contribution in [0.4, 0.5) is 5.69 Å². The molecule has 5 heteroatoms. The molecule has 1 saturated carbocycles. The molecule has 0 aromatic heterocycles. The Morgan fingerprint density at radius 1 is 1.15 bits per heavy atom. The van der Waals surface area contributed by atoms with Crippen LogP contribution >= 0.6 is 0 Å². The zero-order valence-corrected chi connectivity index (χ0v) is 14.7. The van der Waals surface area contributed by atoms with Crippen molar-refractivity contribution in [1.82, 2.24) is 5.32 Å². The molecule has 4 rings (SSSR count). The summed E-state index contributed by atoms with van der Waals surface area (Å²) >= 11 is 0. The quantitative estimate of drug-likeness (QED) is 0.871. The van der Waals surface area contributed by atoms with Crippen molar-refractivity contribution in [3.63, 3.8) is 0 Å². The second-order valence-electron chi connectivity index (χ2n) is 7.15. The highest BCUT2D eigenvalue weighted by Gasteiger charge is 2.39. The Kier molecular flexibility index (Phi) is 4.37. The van der Waals surface area contributed by atoms with Gasteiger partial charge in [0.25, 0.3) is 5.91 Å². The molecule has 2 aliphatic rings. The van der Waals surface area contributed by atoms with E-state index in [4.69, 9.17) is 4.74 Å². The Bertz CT molecular complexity index is 824. The van der Waals surface area contributed by atoms with Crippen LogP contribution in [0.3, 0.4) is 0 Å². The van der Waals surface area contributed by atoms with Crippen molar-refractivity contribution in [3.05, 3.63) is 59.7 Å². The maximum absolute atomic E-state index is 12.4. The number of amides is 2. The molecule has 0 saturated heterocycles. The van der Waals surface area contributed by atoms with Gasteiger partial charge in [-0.1, -0.05) is 31.2 Å². The Hall–Kier alpha value is -2.82. The minimum Gasteiger partial charge on any atom is -0.488 e. The molecule has 3 atom stereocenters. The first-order chi connectivity index (χ1) is 12.6. The maximum Gasteiger partial charge on any atom is 0.251 e. The summed E-state index contributed by atoms with van der Waals surface area (Å²) in [6.07, 6.45) is 1.69. The van der Waals surface area contributed by atoms with Crippen LogP contribution in [0, 0.1) is 11.8 Å². The van der Waals surface area contributed by atoms with Crippen LogP contribution in [0.1, 0.15) is 29.3 Å². The van der Waals surface area contributed by atoms with Crippen LogP contribution in [0.2, 0.25) is 0 Å². The lowest BCUT2D eigenvalue weighted by atomic mass is 10.1. The van der Waals surface area contributed by atoms with E-state index in [2.05, 4.69) is 17.6 Å². The molecule has 0 bridgehead atoms. The van der Waals surface area contributed by atoms with Crippen molar-refractivity contribution in [2.45, 2.75) is 25.9 Å². The lowest BCUT2D eigenvalue weighted by Crippen LogP contribution is -2.34. The first-order valence-electron chi connectivity index (χ1n) is 9.04. The van der Waals surface area contributed by atoms with Crippen LogP contribution in [0.25, 0.3) is 0 Å². The fourth-order valence-corrected chi connectivity index (χ4v) is 3.34. The zero-order valence-electron chi connectivity index (χ0n) is 14.7. The number of para-hydroxylation sites is 1. The molecule has 2 amide bonds. The summed E-state index contributed by atoms with van der Waals surface area (Å²) in [6.45, 7) is 2.52. The second kappa shape index (κ2) is 6.83. The third-order valence-electron chi connectivity index (χ3n) is 5.04. The van der Waals surface area contributed by atoms with E-state index in [9.17, 15) is 9.59 Å². The molecule has 5 nitrogen and oxygen atoms in total. The summed E-state index contributed by atoms with van der Waals surface area (Å²) in [5.74, 6) is 1.32. The molecule has 2 aromatic carbocycles. The van der Waals surface area contributed by atoms with Gasteiger partial charge in [-0.25, -0.2) is 0 Å². The van der Waals surface area contributed by atoms with Crippen LogP contribution in [-0.2, 0) is 11.2 Å². The van der Waals surface area contributed by atoms with Gasteiger partial charge in [0.15, 0.2) is 0 Å². The number of rotatable bonds is 5. The number of hydrogen-bond acceptors (Lipinski definition) is 3. The summed E-state index contributed by atoms with van der Waals surface area (Å²) < 4.78 is 5.84. The third kappa shape index (κ3) is 3.57. The fourth-order valence-electron chi connectivity index (χ4n) is 3.34. The van der Waals surface area contributed by atoms with E-state index in [0.717, 1.165) is 18.6 Å². The molecular weight excluding hydrogens is 328 g/mol. The van der Waals surface area contributed by atoms with E-state index in [-0.39, 0.29) is 23.8 Å². The SMILES string of the molecule is CC1CC1C(=O)Nc1cccc(C(=O)NCC2Cc3ccccc3O2)c1. The predicted octanol–water partition coefficient (Wildman–Crippen LogP) is 3.01. The van der Waals surface area contributed by atoms with Crippen molar-refractivity contribution >= 4 is 17.5 Å². The molecule has 0 spiro atoms. The Balaban J connectivity index is 1.32. The summed E-state index contributed by atoms with van der Waals surface area (Å²) in [5.41, 5.74) is 2.36. The molecule has 0 radical (unpaired) electrons. The topological polar surface area (TPSA) is 67.4 Å². The summed E-state index contributed by atoms with van der Waals surface area (Å²) in [5, 5.41) is 5.82. The second-order valence-corrected chi connectivity index (χ2v) is 7.15. The van der Waals surface area contributed by atoms with E-state index in [1.165, 1.54) is 5.56 Å². The molecule has 134 valence electrons. The van der Waals surface area contributed by atoms with Gasteiger partial charge in [-0.2, -0.15) is 0 Å². The van der Waals surface area contributed by atoms with Crippen molar-refractivity contribution in [2.24, 2.45) is 11.8 Å². The van der Waals surface area contributed by atoms with E-state index >= 15 is 0 Å². The van der Waals surface area contributed by atoms with Crippen LogP contribution < -0.4 is 15.4 Å². The molecular formula is C21H22N2O3. The largest absolute Gasteiger partial charge is 0.488 e. The average Bonchev–Trinajstić information content (AvgIpc) is 3.23. The molecule has 2 aromatic rings. The van der Waals surface area contributed by atoms with Crippen molar-refractivity contribution in [2.75, 3.05) is 11.9 Å². The van der Waals surface area contributed by atoms with Gasteiger partial charge in [0.05, 0.1) is 6.54 Å². The van der Waals surface area contributed by atoms with Gasteiger partial charge < -0.3 is 15.4 Å². The van der Waals surface area contributed by atoms with Gasteiger partial charge in [0.2, 0.25) is 5.91 Å². The number of carbonyl (C=O) groups is 2. The van der Waals surface area contributed by atoms with Crippen LogP contribution in [-0.4, -0.2) is 24.5 Å². The van der Waals surface area contributed by atoms with Crippen molar-refractivity contribution in [3.8, 4) is 5.75 Å². The highest BCUT2D eigenvalue weighted by molar-refractivity contribution is 5.98. The van der Waals surface area contributed by atoms with Gasteiger partial charge in [-0.3, -0.25) is 9.59 Å². The minimum absolute atomic E-state index is 0.0344. The summed E-state index contributed by atoms with van der Waals surface area (Å²) in [6, 6.07) is 15.0. The normalized spacial score (nSPS) is 22.9. The number of benzene rings is 2. The van der Waals surface area contributed by atoms with Crippen LogP contribution in [0.5, 0.6) is 5.75 Å². The number of carbonyl (C=O) groups excluding carboxylic acids is 2. The number of nitrogens with one attached hydrogen (secondary N) is 2. The van der Waals surface area contributed by atoms with E-state index < -0.39 is 0 Å². The van der Waals surface area contributed by atoms with Gasteiger partial charge in [0, 0.05) is 23.6 Å². The van der Waals surface area contributed by atoms with Crippen molar-refractivity contribution in [1.29, 1.82) is 0 Å². The molecule has 1 aliphatic heterocycles. The highest BCUT2D eigenvalue weighted by atomic mass is 16.5. The summed E-state index contributed by atoms with van der Waals surface area (Å²) in [7, 11) is 0. The molecule has 1 fully saturated rings. The van der Waals surface area contributed by atoms with E-state index in [1.54, 1.807) is 24.3 Å². The zero-order chi connectivity index (χ0) is 18.1. The third-order valence-corrected chi connectivity index (χ3v) is 5.04. The molecule has 26 heavy (non-hydrogen) atoms. The molecule has 2 N–H and O–H groups in total. The Morgan fingerprint density at radius 2 is 1.96 bits per heavy atom. The first kappa shape index (κ1) is 16.6. The Labute approximate surface area is 152 Å². The average molecular weight is 350 g/mol. The highest BCUT2D eigenvalue weighted by Crippen LogP contribution is 2.38. The number of fused-ring (bicyclic) bond motifs is 1.